The second-order valence-corrected chi connectivity index (χ2v) is 6.03. The minimum absolute atomic E-state index is 0.0121. The van der Waals surface area contributed by atoms with E-state index in [-0.39, 0.29) is 5.91 Å². The van der Waals surface area contributed by atoms with E-state index in [2.05, 4.69) is 42.0 Å². The number of amides is 1. The van der Waals surface area contributed by atoms with Crippen LogP contribution in [0.25, 0.3) is 0 Å². The van der Waals surface area contributed by atoms with Crippen molar-refractivity contribution < 1.29 is 4.79 Å². The average Bonchev–Trinajstić information content (AvgIpc) is 2.46. The Hall–Kier alpha value is -0.830. The summed E-state index contributed by atoms with van der Waals surface area (Å²) in [7, 11) is 0. The van der Waals surface area contributed by atoms with Crippen LogP contribution in [-0.4, -0.2) is 17.3 Å². The molecule has 19 heavy (non-hydrogen) atoms. The number of rotatable bonds is 7. The number of carbonyl (C=O) groups is 1. The van der Waals surface area contributed by atoms with E-state index in [1.165, 1.54) is 5.56 Å². The summed E-state index contributed by atoms with van der Waals surface area (Å²) >= 11 is 3.67. The van der Waals surface area contributed by atoms with Crippen LogP contribution in [0, 0.1) is 5.92 Å². The summed E-state index contributed by atoms with van der Waals surface area (Å²) < 4.78 is 0. The van der Waals surface area contributed by atoms with E-state index in [0.29, 0.717) is 17.3 Å². The molecule has 0 aliphatic carbocycles. The van der Waals surface area contributed by atoms with Crippen molar-refractivity contribution in [3.05, 3.63) is 35.4 Å². The first-order valence-electron chi connectivity index (χ1n) is 7.13. The number of alkyl halides is 1. The van der Waals surface area contributed by atoms with Gasteiger partial charge in [0.15, 0.2) is 0 Å². The molecule has 3 heteroatoms. The maximum atomic E-state index is 12.0. The highest BCUT2D eigenvalue weighted by Crippen LogP contribution is 2.19. The topological polar surface area (TPSA) is 29.1 Å². The van der Waals surface area contributed by atoms with Gasteiger partial charge in [0.2, 0.25) is 0 Å². The highest BCUT2D eigenvalue weighted by atomic mass is 79.9. The van der Waals surface area contributed by atoms with Gasteiger partial charge in [-0.25, -0.2) is 0 Å². The van der Waals surface area contributed by atoms with Crippen molar-refractivity contribution in [2.45, 2.75) is 44.9 Å². The third-order valence-corrected chi connectivity index (χ3v) is 4.71. The predicted molar refractivity (Wildman–Crippen MR) is 84.9 cm³/mol. The molecule has 0 radical (unpaired) electrons. The molecule has 1 unspecified atom stereocenters. The molecule has 0 aromatic heterocycles. The maximum Gasteiger partial charge on any atom is 0.251 e. The number of benzene rings is 1. The van der Waals surface area contributed by atoms with Crippen LogP contribution in [-0.2, 0) is 6.42 Å². The molecule has 1 atom stereocenters. The second-order valence-electron chi connectivity index (χ2n) is 4.85. The van der Waals surface area contributed by atoms with Crippen molar-refractivity contribution >= 4 is 21.8 Å². The maximum absolute atomic E-state index is 12.0. The Morgan fingerprint density at radius 3 is 2.21 bits per heavy atom. The van der Waals surface area contributed by atoms with Crippen molar-refractivity contribution in [3.63, 3.8) is 0 Å². The summed E-state index contributed by atoms with van der Waals surface area (Å²) in [5.74, 6) is 0.626. The Labute approximate surface area is 125 Å². The zero-order valence-electron chi connectivity index (χ0n) is 12.1. The van der Waals surface area contributed by atoms with Crippen LogP contribution in [0.4, 0.5) is 0 Å². The van der Waals surface area contributed by atoms with Crippen molar-refractivity contribution in [1.82, 2.24) is 5.32 Å². The van der Waals surface area contributed by atoms with Crippen LogP contribution < -0.4 is 5.32 Å². The monoisotopic (exact) mass is 325 g/mol. The number of hydrogen-bond donors (Lipinski definition) is 1. The van der Waals surface area contributed by atoms with Gasteiger partial charge < -0.3 is 5.32 Å². The van der Waals surface area contributed by atoms with E-state index < -0.39 is 0 Å². The number of nitrogens with one attached hydrogen (secondary N) is 1. The van der Waals surface area contributed by atoms with Gasteiger partial charge in [-0.1, -0.05) is 61.7 Å². The summed E-state index contributed by atoms with van der Waals surface area (Å²) in [6, 6.07) is 7.83. The number of halogens is 1. The molecule has 2 nitrogen and oxygen atoms in total. The molecular formula is C16H24BrNO. The van der Waals surface area contributed by atoms with Crippen molar-refractivity contribution in [1.29, 1.82) is 0 Å². The van der Waals surface area contributed by atoms with Gasteiger partial charge in [-0.3, -0.25) is 4.79 Å². The van der Waals surface area contributed by atoms with Gasteiger partial charge >= 0.3 is 0 Å². The molecule has 1 aromatic rings. The van der Waals surface area contributed by atoms with E-state index in [1.54, 1.807) is 0 Å². The second kappa shape index (κ2) is 8.36. The molecule has 0 spiro atoms. The van der Waals surface area contributed by atoms with Crippen LogP contribution in [0.1, 0.15) is 49.5 Å². The summed E-state index contributed by atoms with van der Waals surface area (Å²) in [5, 5.41) is 3.00. The van der Waals surface area contributed by atoms with Gasteiger partial charge in [0, 0.05) is 16.9 Å². The molecule has 1 amide bonds. The normalized spacial score (nSPS) is 12.5. The molecular weight excluding hydrogens is 302 g/mol. The zero-order chi connectivity index (χ0) is 14.3. The Morgan fingerprint density at radius 2 is 1.74 bits per heavy atom. The first kappa shape index (κ1) is 16.2. The highest BCUT2D eigenvalue weighted by Gasteiger charge is 2.16. The van der Waals surface area contributed by atoms with E-state index in [0.717, 1.165) is 24.8 Å². The summed E-state index contributed by atoms with van der Waals surface area (Å²) in [5.41, 5.74) is 1.99. The zero-order valence-corrected chi connectivity index (χ0v) is 13.7. The fourth-order valence-corrected chi connectivity index (χ4v) is 3.06. The Morgan fingerprint density at radius 1 is 1.16 bits per heavy atom. The van der Waals surface area contributed by atoms with Crippen LogP contribution in [0.2, 0.25) is 0 Å². The van der Waals surface area contributed by atoms with Gasteiger partial charge in [0.05, 0.1) is 0 Å². The minimum Gasteiger partial charge on any atom is -0.351 e. The molecule has 0 saturated carbocycles. The van der Waals surface area contributed by atoms with Crippen LogP contribution >= 0.6 is 15.9 Å². The minimum atomic E-state index is 0.0121. The van der Waals surface area contributed by atoms with Crippen LogP contribution in [0.5, 0.6) is 0 Å². The Kier molecular flexibility index (Phi) is 7.14. The third-order valence-electron chi connectivity index (χ3n) is 3.64. The quantitative estimate of drug-likeness (QED) is 0.748. The lowest BCUT2D eigenvalue weighted by Gasteiger charge is -2.19. The molecule has 0 aliphatic rings. The van der Waals surface area contributed by atoms with Gasteiger partial charge in [-0.05, 0) is 30.0 Å². The summed E-state index contributed by atoms with van der Waals surface area (Å²) in [6.07, 6.45) is 3.26. The predicted octanol–water partition coefficient (Wildman–Crippen LogP) is 4.18. The first-order valence-corrected chi connectivity index (χ1v) is 8.05. The van der Waals surface area contributed by atoms with Gasteiger partial charge in [0.1, 0.15) is 0 Å². The van der Waals surface area contributed by atoms with E-state index in [9.17, 15) is 4.79 Å². The third kappa shape index (κ3) is 4.98. The molecule has 0 saturated heterocycles. The van der Waals surface area contributed by atoms with Crippen molar-refractivity contribution in [2.75, 3.05) is 6.54 Å². The molecule has 0 heterocycles. The van der Waals surface area contributed by atoms with Crippen LogP contribution in [0.15, 0.2) is 24.3 Å². The van der Waals surface area contributed by atoms with E-state index in [1.807, 2.05) is 24.3 Å². The lowest BCUT2D eigenvalue weighted by molar-refractivity contribution is 0.0952. The molecule has 1 N–H and O–H groups in total. The molecule has 1 aromatic carbocycles. The average molecular weight is 326 g/mol. The molecule has 0 aliphatic heterocycles. The largest absolute Gasteiger partial charge is 0.351 e. The summed E-state index contributed by atoms with van der Waals surface area (Å²) in [4.78, 5) is 12.4. The van der Waals surface area contributed by atoms with Gasteiger partial charge in [-0.2, -0.15) is 0 Å². The number of carbonyl (C=O) groups excluding carboxylic acids is 1. The lowest BCUT2D eigenvalue weighted by atomic mass is 9.99. The Bertz CT molecular complexity index is 384. The van der Waals surface area contributed by atoms with E-state index in [4.69, 9.17) is 0 Å². The molecule has 1 rings (SSSR count). The smallest absolute Gasteiger partial charge is 0.251 e. The Balaban J connectivity index is 2.50. The SMILES string of the molecule is CCc1ccc(C(=O)NCC(Br)C(CC)CC)cc1. The fourth-order valence-electron chi connectivity index (χ4n) is 2.15. The standard InChI is InChI=1S/C16H24BrNO/c1-4-12-7-9-14(10-8-12)16(19)18-11-15(17)13(5-2)6-3/h7-10,13,15H,4-6,11H2,1-3H3,(H,18,19). The lowest BCUT2D eigenvalue weighted by Crippen LogP contribution is -2.32. The van der Waals surface area contributed by atoms with E-state index >= 15 is 0 Å². The molecule has 0 fully saturated rings. The molecule has 106 valence electrons. The summed E-state index contributed by atoms with van der Waals surface area (Å²) in [6.45, 7) is 7.17. The van der Waals surface area contributed by atoms with Gasteiger partial charge in [0.25, 0.3) is 5.91 Å². The fraction of sp³-hybridized carbons (Fsp3) is 0.562. The van der Waals surface area contributed by atoms with Crippen molar-refractivity contribution in [3.8, 4) is 0 Å². The highest BCUT2D eigenvalue weighted by molar-refractivity contribution is 9.09. The molecule has 0 bridgehead atoms. The van der Waals surface area contributed by atoms with Gasteiger partial charge in [-0.15, -0.1) is 0 Å². The van der Waals surface area contributed by atoms with Crippen LogP contribution in [0.3, 0.4) is 0 Å². The number of aryl methyl sites for hydroxylation is 1. The van der Waals surface area contributed by atoms with Crippen molar-refractivity contribution in [2.24, 2.45) is 5.92 Å². The number of hydrogen-bond acceptors (Lipinski definition) is 1. The first-order chi connectivity index (χ1) is 9.12.